The highest BCUT2D eigenvalue weighted by Gasteiger charge is 2.18. The quantitative estimate of drug-likeness (QED) is 0.742. The first kappa shape index (κ1) is 18.2. The van der Waals surface area contributed by atoms with Gasteiger partial charge in [-0.15, -0.1) is 0 Å². The second-order valence-electron chi connectivity index (χ2n) is 8.79. The van der Waals surface area contributed by atoms with Crippen molar-refractivity contribution in [3.8, 4) is 0 Å². The third-order valence-corrected chi connectivity index (χ3v) is 3.83. The summed E-state index contributed by atoms with van der Waals surface area (Å²) in [6.07, 6.45) is 3.76. The van der Waals surface area contributed by atoms with Crippen LogP contribution in [0.1, 0.15) is 65.5 Å². The molecule has 1 nitrogen and oxygen atoms in total. The zero-order valence-electron chi connectivity index (χ0n) is 15.2. The van der Waals surface area contributed by atoms with E-state index in [-0.39, 0.29) is 5.54 Å². The van der Waals surface area contributed by atoms with Gasteiger partial charge in [0, 0.05) is 5.54 Å². The van der Waals surface area contributed by atoms with Crippen LogP contribution in [0, 0.1) is 18.3 Å². The maximum atomic E-state index is 3.69. The molecule has 1 heteroatoms. The van der Waals surface area contributed by atoms with Crippen LogP contribution in [0.3, 0.4) is 0 Å². The fourth-order valence-electron chi connectivity index (χ4n) is 2.54. The van der Waals surface area contributed by atoms with Crippen molar-refractivity contribution in [2.75, 3.05) is 6.54 Å². The van der Waals surface area contributed by atoms with Crippen molar-refractivity contribution in [3.63, 3.8) is 0 Å². The Bertz CT molecular complexity index is 402. The van der Waals surface area contributed by atoms with Crippen molar-refractivity contribution in [1.29, 1.82) is 0 Å². The van der Waals surface area contributed by atoms with Crippen LogP contribution in [0.2, 0.25) is 0 Å². The Balaban J connectivity index is 2.66. The van der Waals surface area contributed by atoms with Crippen molar-refractivity contribution in [1.82, 2.24) is 5.32 Å². The molecule has 0 heterocycles. The Hall–Kier alpha value is -0.820. The van der Waals surface area contributed by atoms with Gasteiger partial charge in [-0.2, -0.15) is 0 Å². The molecule has 0 radical (unpaired) electrons. The molecule has 0 saturated carbocycles. The first-order valence-corrected chi connectivity index (χ1v) is 8.36. The van der Waals surface area contributed by atoms with Crippen molar-refractivity contribution < 1.29 is 0 Å². The lowest BCUT2D eigenvalue weighted by atomic mass is 9.84. The standard InChI is InChI=1S/C20H35N/c1-16-9-8-10-17(13-16)14-18(11-12-19(2,3)4)15-21-20(5,6)7/h8-10,13,18,21H,11-12,14-15H2,1-7H3. The smallest absolute Gasteiger partial charge is 0.00966 e. The van der Waals surface area contributed by atoms with Crippen LogP contribution in [0.5, 0.6) is 0 Å². The third-order valence-electron chi connectivity index (χ3n) is 3.83. The molecule has 1 aromatic carbocycles. The summed E-state index contributed by atoms with van der Waals surface area (Å²) < 4.78 is 0. The maximum Gasteiger partial charge on any atom is 0.00966 e. The first-order valence-electron chi connectivity index (χ1n) is 8.36. The minimum atomic E-state index is 0.201. The summed E-state index contributed by atoms with van der Waals surface area (Å²) in [6, 6.07) is 8.97. The predicted molar refractivity (Wildman–Crippen MR) is 94.8 cm³/mol. The highest BCUT2D eigenvalue weighted by molar-refractivity contribution is 5.22. The SMILES string of the molecule is Cc1cccc(CC(CCC(C)(C)C)CNC(C)(C)C)c1. The molecule has 1 aromatic rings. The normalized spacial score (nSPS) is 14.2. The molecular formula is C20H35N. The van der Waals surface area contributed by atoms with Gasteiger partial charge in [-0.3, -0.25) is 0 Å². The lowest BCUT2D eigenvalue weighted by Gasteiger charge is -2.28. The molecule has 0 fully saturated rings. The highest BCUT2D eigenvalue weighted by Crippen LogP contribution is 2.25. The number of hydrogen-bond donors (Lipinski definition) is 1. The minimum absolute atomic E-state index is 0.201. The molecule has 0 amide bonds. The van der Waals surface area contributed by atoms with Gasteiger partial charge in [0.15, 0.2) is 0 Å². The molecule has 1 rings (SSSR count). The number of benzene rings is 1. The van der Waals surface area contributed by atoms with E-state index in [9.17, 15) is 0 Å². The molecule has 0 aromatic heterocycles. The van der Waals surface area contributed by atoms with Crippen LogP contribution >= 0.6 is 0 Å². The third kappa shape index (κ3) is 8.93. The molecule has 21 heavy (non-hydrogen) atoms. The van der Waals surface area contributed by atoms with Crippen LogP contribution in [-0.2, 0) is 6.42 Å². The Morgan fingerprint density at radius 2 is 1.71 bits per heavy atom. The van der Waals surface area contributed by atoms with Gasteiger partial charge in [0.25, 0.3) is 0 Å². The zero-order valence-corrected chi connectivity index (χ0v) is 15.2. The van der Waals surface area contributed by atoms with Gasteiger partial charge >= 0.3 is 0 Å². The van der Waals surface area contributed by atoms with E-state index in [4.69, 9.17) is 0 Å². The van der Waals surface area contributed by atoms with E-state index in [1.807, 2.05) is 0 Å². The van der Waals surface area contributed by atoms with Crippen LogP contribution in [0.25, 0.3) is 0 Å². The summed E-state index contributed by atoms with van der Waals surface area (Å²) >= 11 is 0. The lowest BCUT2D eigenvalue weighted by molar-refractivity contribution is 0.295. The van der Waals surface area contributed by atoms with E-state index in [0.29, 0.717) is 11.3 Å². The Labute approximate surface area is 132 Å². The Kier molecular flexibility index (Phi) is 6.46. The summed E-state index contributed by atoms with van der Waals surface area (Å²) in [5.74, 6) is 0.713. The van der Waals surface area contributed by atoms with Crippen LogP contribution < -0.4 is 5.32 Å². The van der Waals surface area contributed by atoms with E-state index in [1.54, 1.807) is 0 Å². The molecular weight excluding hydrogens is 254 g/mol. The summed E-state index contributed by atoms with van der Waals surface area (Å²) in [6.45, 7) is 17.1. The summed E-state index contributed by atoms with van der Waals surface area (Å²) in [4.78, 5) is 0. The van der Waals surface area contributed by atoms with E-state index < -0.39 is 0 Å². The predicted octanol–water partition coefficient (Wildman–Crippen LogP) is 5.37. The topological polar surface area (TPSA) is 12.0 Å². The van der Waals surface area contributed by atoms with Crippen molar-refractivity contribution >= 4 is 0 Å². The average Bonchev–Trinajstić information content (AvgIpc) is 2.30. The molecule has 0 aliphatic carbocycles. The highest BCUT2D eigenvalue weighted by atomic mass is 14.9. The van der Waals surface area contributed by atoms with Crippen LogP contribution in [0.4, 0.5) is 0 Å². The molecule has 1 N–H and O–H groups in total. The van der Waals surface area contributed by atoms with E-state index in [0.717, 1.165) is 6.54 Å². The summed E-state index contributed by atoms with van der Waals surface area (Å²) in [7, 11) is 0. The fourth-order valence-corrected chi connectivity index (χ4v) is 2.54. The molecule has 120 valence electrons. The van der Waals surface area contributed by atoms with Gasteiger partial charge in [-0.1, -0.05) is 50.6 Å². The summed E-state index contributed by atoms with van der Waals surface area (Å²) in [5, 5.41) is 3.69. The van der Waals surface area contributed by atoms with Gasteiger partial charge in [-0.25, -0.2) is 0 Å². The monoisotopic (exact) mass is 289 g/mol. The lowest BCUT2D eigenvalue weighted by Crippen LogP contribution is -2.39. The summed E-state index contributed by atoms with van der Waals surface area (Å²) in [5.41, 5.74) is 3.47. The van der Waals surface area contributed by atoms with E-state index in [2.05, 4.69) is 78.0 Å². The average molecular weight is 290 g/mol. The Morgan fingerprint density at radius 1 is 1.05 bits per heavy atom. The molecule has 0 spiro atoms. The van der Waals surface area contributed by atoms with Crippen molar-refractivity contribution in [3.05, 3.63) is 35.4 Å². The van der Waals surface area contributed by atoms with Gasteiger partial charge < -0.3 is 5.32 Å². The number of rotatable bonds is 6. The maximum absolute atomic E-state index is 3.69. The van der Waals surface area contributed by atoms with Gasteiger partial charge in [0.2, 0.25) is 0 Å². The molecule has 0 aliphatic rings. The van der Waals surface area contributed by atoms with Gasteiger partial charge in [-0.05, 0) is 70.4 Å². The van der Waals surface area contributed by atoms with Crippen molar-refractivity contribution in [2.45, 2.75) is 73.3 Å². The minimum Gasteiger partial charge on any atom is -0.312 e. The number of nitrogens with one attached hydrogen (secondary N) is 1. The van der Waals surface area contributed by atoms with Crippen molar-refractivity contribution in [2.24, 2.45) is 11.3 Å². The second-order valence-corrected chi connectivity index (χ2v) is 8.79. The fraction of sp³-hybridized carbons (Fsp3) is 0.700. The molecule has 1 atom stereocenters. The molecule has 0 aliphatic heterocycles. The van der Waals surface area contributed by atoms with E-state index >= 15 is 0 Å². The number of hydrogen-bond acceptors (Lipinski definition) is 1. The van der Waals surface area contributed by atoms with Crippen LogP contribution in [0.15, 0.2) is 24.3 Å². The number of aryl methyl sites for hydroxylation is 1. The van der Waals surface area contributed by atoms with E-state index in [1.165, 1.54) is 30.4 Å². The van der Waals surface area contributed by atoms with Crippen LogP contribution in [-0.4, -0.2) is 12.1 Å². The Morgan fingerprint density at radius 3 is 2.24 bits per heavy atom. The largest absolute Gasteiger partial charge is 0.312 e. The first-order chi connectivity index (χ1) is 9.55. The zero-order chi connectivity index (χ0) is 16.1. The molecule has 0 bridgehead atoms. The molecule has 0 saturated heterocycles. The second kappa shape index (κ2) is 7.45. The van der Waals surface area contributed by atoms with Gasteiger partial charge in [0.05, 0.1) is 0 Å². The van der Waals surface area contributed by atoms with Gasteiger partial charge in [0.1, 0.15) is 0 Å². The molecule has 1 unspecified atom stereocenters.